The molecule has 1 aliphatic heterocycles. The van der Waals surface area contributed by atoms with Gasteiger partial charge in [-0.1, -0.05) is 18.2 Å². The summed E-state index contributed by atoms with van der Waals surface area (Å²) >= 11 is 0. The maximum Gasteiger partial charge on any atom is 0.437 e. The number of pyridine rings is 1. The summed E-state index contributed by atoms with van der Waals surface area (Å²) in [5.41, 5.74) is -1.07. The lowest BCUT2D eigenvalue weighted by molar-refractivity contribution is -0.157. The smallest absolute Gasteiger partial charge is 0.437 e. The fourth-order valence-electron chi connectivity index (χ4n) is 3.64. The van der Waals surface area contributed by atoms with Crippen molar-refractivity contribution in [2.45, 2.75) is 12.3 Å². The molecule has 14 heteroatoms. The zero-order chi connectivity index (χ0) is 26.7. The Morgan fingerprint density at radius 1 is 1.03 bits per heavy atom. The van der Waals surface area contributed by atoms with Crippen molar-refractivity contribution in [2.24, 2.45) is 0 Å². The number of benzene rings is 1. The van der Waals surface area contributed by atoms with E-state index in [0.29, 0.717) is 18.9 Å². The molecular formula is C23H20F3N5O6. The normalized spacial score (nSPS) is 14.8. The van der Waals surface area contributed by atoms with Gasteiger partial charge in [0.1, 0.15) is 5.82 Å². The summed E-state index contributed by atoms with van der Waals surface area (Å²) < 4.78 is 45.7. The van der Waals surface area contributed by atoms with E-state index in [-0.39, 0.29) is 30.2 Å². The van der Waals surface area contributed by atoms with Crippen LogP contribution in [0.1, 0.15) is 16.2 Å². The van der Waals surface area contributed by atoms with Crippen LogP contribution in [0.15, 0.2) is 53.1 Å². The van der Waals surface area contributed by atoms with E-state index in [9.17, 15) is 32.7 Å². The first-order valence-electron chi connectivity index (χ1n) is 10.9. The van der Waals surface area contributed by atoms with Gasteiger partial charge < -0.3 is 29.7 Å². The zero-order valence-electron chi connectivity index (χ0n) is 19.0. The number of hydrogen-bond donors (Lipinski definition) is 3. The Balaban J connectivity index is 1.43. The van der Waals surface area contributed by atoms with Crippen LogP contribution in [0.25, 0.3) is 11.5 Å². The summed E-state index contributed by atoms with van der Waals surface area (Å²) in [7, 11) is 0. The first-order valence-corrected chi connectivity index (χ1v) is 10.9. The zero-order valence-corrected chi connectivity index (χ0v) is 19.0. The average Bonchev–Trinajstić information content (AvgIpc) is 3.36. The third-order valence-corrected chi connectivity index (χ3v) is 5.51. The highest BCUT2D eigenvalue weighted by molar-refractivity contribution is 6.03. The Hall–Kier alpha value is -4.46. The fourth-order valence-corrected chi connectivity index (χ4v) is 3.64. The summed E-state index contributed by atoms with van der Waals surface area (Å²) in [4.78, 5) is 46.1. The number of piperazine rings is 1. The minimum Gasteiger partial charge on any atom is -0.479 e. The van der Waals surface area contributed by atoms with Crippen LogP contribution in [0.2, 0.25) is 0 Å². The maximum absolute atomic E-state index is 13.5. The summed E-state index contributed by atoms with van der Waals surface area (Å²) in [6.45, 7) is 0.899. The van der Waals surface area contributed by atoms with Crippen molar-refractivity contribution in [3.05, 3.63) is 60.1 Å². The molecule has 1 unspecified atom stereocenters. The number of nitrogens with zero attached hydrogens (tertiary/aromatic N) is 4. The number of anilines is 2. The molecule has 0 bridgehead atoms. The van der Waals surface area contributed by atoms with E-state index in [1.54, 1.807) is 23.1 Å². The van der Waals surface area contributed by atoms with Crippen LogP contribution in [-0.2, 0) is 15.8 Å². The highest BCUT2D eigenvalue weighted by Gasteiger charge is 2.41. The van der Waals surface area contributed by atoms with Gasteiger partial charge >= 0.3 is 12.1 Å². The highest BCUT2D eigenvalue weighted by Crippen LogP contribution is 2.34. The van der Waals surface area contributed by atoms with Gasteiger partial charge in [0.15, 0.2) is 5.69 Å². The molecule has 37 heavy (non-hydrogen) atoms. The van der Waals surface area contributed by atoms with Crippen LogP contribution < -0.4 is 10.2 Å². The van der Waals surface area contributed by atoms with E-state index in [2.05, 4.69) is 15.3 Å². The van der Waals surface area contributed by atoms with E-state index in [4.69, 9.17) is 9.52 Å². The maximum atomic E-state index is 13.5. The Morgan fingerprint density at radius 2 is 1.70 bits per heavy atom. The number of hydrogen-bond acceptors (Lipinski definition) is 8. The molecule has 4 rings (SSSR count). The number of oxazole rings is 1. The van der Waals surface area contributed by atoms with Crippen molar-refractivity contribution >= 4 is 29.3 Å². The second-order valence-corrected chi connectivity index (χ2v) is 7.97. The van der Waals surface area contributed by atoms with Gasteiger partial charge in [-0.3, -0.25) is 9.59 Å². The summed E-state index contributed by atoms with van der Waals surface area (Å²) in [6.07, 6.45) is -5.80. The number of rotatable bonds is 6. The lowest BCUT2D eigenvalue weighted by atomic mass is 10.2. The molecule has 1 aliphatic rings. The molecule has 3 heterocycles. The van der Waals surface area contributed by atoms with Gasteiger partial charge in [0.25, 0.3) is 11.8 Å². The second kappa shape index (κ2) is 10.3. The number of aliphatic hydroxyl groups excluding tert-OH is 1. The van der Waals surface area contributed by atoms with Crippen LogP contribution in [0.5, 0.6) is 0 Å². The van der Waals surface area contributed by atoms with Crippen molar-refractivity contribution in [1.29, 1.82) is 0 Å². The Bertz CT molecular complexity index is 1290. The molecule has 0 radical (unpaired) electrons. The van der Waals surface area contributed by atoms with Gasteiger partial charge in [-0.2, -0.15) is 13.2 Å². The number of carboxylic acids is 1. The predicted octanol–water partition coefficient (Wildman–Crippen LogP) is 2.10. The summed E-state index contributed by atoms with van der Waals surface area (Å²) in [6, 6.07) is 10.8. The number of halogens is 3. The Kier molecular flexibility index (Phi) is 7.11. The molecule has 2 amide bonds. The third-order valence-electron chi connectivity index (χ3n) is 5.51. The molecule has 3 N–H and O–H groups in total. The van der Waals surface area contributed by atoms with E-state index < -0.39 is 41.5 Å². The van der Waals surface area contributed by atoms with Crippen molar-refractivity contribution in [2.75, 3.05) is 36.4 Å². The van der Waals surface area contributed by atoms with Gasteiger partial charge in [0.2, 0.25) is 17.8 Å². The molecule has 11 nitrogen and oxygen atoms in total. The predicted molar refractivity (Wildman–Crippen MR) is 122 cm³/mol. The quantitative estimate of drug-likeness (QED) is 0.416. The molecule has 1 fully saturated rings. The van der Waals surface area contributed by atoms with Gasteiger partial charge in [-0.25, -0.2) is 14.8 Å². The lowest BCUT2D eigenvalue weighted by Crippen LogP contribution is -2.53. The standard InChI is InChI=1S/C23H20F3N5O6/c24-23(25,26)18-17(37-20(29-18)13-4-2-1-3-5-13)19(33)28-14-6-7-15(27-12-14)30-8-10-31(11-9-30)21(34)16(32)22(35)36/h1-7,12,16,32H,8-11H2,(H,28,33)(H,35,36). The number of aliphatic carboxylic acids is 1. The largest absolute Gasteiger partial charge is 0.479 e. The minimum atomic E-state index is -4.92. The van der Waals surface area contributed by atoms with Crippen molar-refractivity contribution in [1.82, 2.24) is 14.9 Å². The number of amides is 2. The average molecular weight is 519 g/mol. The van der Waals surface area contributed by atoms with Crippen LogP contribution in [0.3, 0.4) is 0 Å². The number of alkyl halides is 3. The van der Waals surface area contributed by atoms with Crippen molar-refractivity contribution in [3.63, 3.8) is 0 Å². The lowest BCUT2D eigenvalue weighted by Gasteiger charge is -2.35. The topological polar surface area (TPSA) is 149 Å². The van der Waals surface area contributed by atoms with E-state index >= 15 is 0 Å². The van der Waals surface area contributed by atoms with Crippen LogP contribution >= 0.6 is 0 Å². The van der Waals surface area contributed by atoms with Gasteiger partial charge in [0, 0.05) is 31.7 Å². The molecule has 3 aromatic rings. The molecular weight excluding hydrogens is 499 g/mol. The number of carbonyl (C=O) groups is 3. The molecule has 1 saturated heterocycles. The van der Waals surface area contributed by atoms with E-state index in [1.165, 1.54) is 35.4 Å². The number of aromatic nitrogens is 2. The third kappa shape index (κ3) is 5.69. The summed E-state index contributed by atoms with van der Waals surface area (Å²) in [5.74, 6) is -4.55. The SMILES string of the molecule is O=C(Nc1ccc(N2CCN(C(=O)C(O)C(=O)O)CC2)nc1)c1oc(-c2ccccc2)nc1C(F)(F)F. The molecule has 194 valence electrons. The number of carbonyl (C=O) groups excluding carboxylic acids is 2. The molecule has 0 spiro atoms. The van der Waals surface area contributed by atoms with Gasteiger partial charge in [-0.05, 0) is 24.3 Å². The molecule has 2 aromatic heterocycles. The minimum absolute atomic E-state index is 0.109. The first kappa shape index (κ1) is 25.6. The Labute approximate surface area is 207 Å². The Morgan fingerprint density at radius 3 is 2.27 bits per heavy atom. The highest BCUT2D eigenvalue weighted by atomic mass is 19.4. The van der Waals surface area contributed by atoms with Crippen LogP contribution in [0.4, 0.5) is 24.7 Å². The molecule has 1 aromatic carbocycles. The van der Waals surface area contributed by atoms with E-state index in [1.807, 2.05) is 0 Å². The molecule has 1 atom stereocenters. The van der Waals surface area contributed by atoms with Crippen molar-refractivity contribution in [3.8, 4) is 11.5 Å². The molecule has 0 aliphatic carbocycles. The van der Waals surface area contributed by atoms with Gasteiger partial charge in [-0.15, -0.1) is 0 Å². The monoisotopic (exact) mass is 519 g/mol. The number of aliphatic hydroxyl groups is 1. The van der Waals surface area contributed by atoms with E-state index in [0.717, 1.165) is 0 Å². The van der Waals surface area contributed by atoms with Crippen LogP contribution in [-0.4, -0.2) is 75.1 Å². The first-order chi connectivity index (χ1) is 17.5. The van der Waals surface area contributed by atoms with Crippen molar-refractivity contribution < 1.29 is 42.2 Å². The number of nitrogens with one attached hydrogen (secondary N) is 1. The van der Waals surface area contributed by atoms with Crippen LogP contribution in [0, 0.1) is 0 Å². The second-order valence-electron chi connectivity index (χ2n) is 7.97. The molecule has 0 saturated carbocycles. The fraction of sp³-hybridized carbons (Fsp3) is 0.261. The summed E-state index contributed by atoms with van der Waals surface area (Å²) in [5, 5.41) is 20.5. The van der Waals surface area contributed by atoms with Gasteiger partial charge in [0.05, 0.1) is 11.9 Å². The number of carboxylic acid groups (broad SMARTS) is 1.